The van der Waals surface area contributed by atoms with Gasteiger partial charge in [-0.25, -0.2) is 14.6 Å². The van der Waals surface area contributed by atoms with E-state index in [4.69, 9.17) is 9.72 Å². The molecule has 0 aliphatic heterocycles. The lowest BCUT2D eigenvalue weighted by Gasteiger charge is -2.11. The van der Waals surface area contributed by atoms with Gasteiger partial charge in [0.2, 0.25) is 0 Å². The van der Waals surface area contributed by atoms with Gasteiger partial charge in [0.15, 0.2) is 0 Å². The first-order valence-electron chi connectivity index (χ1n) is 10.6. The molecule has 0 radical (unpaired) electrons. The number of benzene rings is 3. The molecule has 6 heteroatoms. The molecule has 0 aliphatic rings. The molecule has 0 saturated heterocycles. The zero-order valence-corrected chi connectivity index (χ0v) is 18.1. The van der Waals surface area contributed by atoms with Crippen LogP contribution in [0.1, 0.15) is 35.5 Å². The van der Waals surface area contributed by atoms with Crippen molar-refractivity contribution in [3.63, 3.8) is 0 Å². The highest BCUT2D eigenvalue weighted by molar-refractivity contribution is 6.06. The second kappa shape index (κ2) is 9.47. The smallest absolute Gasteiger partial charge is 0.338 e. The molecule has 6 nitrogen and oxygen atoms in total. The quantitative estimate of drug-likeness (QED) is 0.337. The Morgan fingerprint density at radius 3 is 2.25 bits per heavy atom. The van der Waals surface area contributed by atoms with Gasteiger partial charge in [0.25, 0.3) is 0 Å². The summed E-state index contributed by atoms with van der Waals surface area (Å²) in [6.45, 7) is 4.26. The molecule has 0 aliphatic carbocycles. The summed E-state index contributed by atoms with van der Waals surface area (Å²) in [6.07, 6.45) is 0. The first kappa shape index (κ1) is 21.3. The topological polar surface area (TPSA) is 80.3 Å². The molecule has 0 saturated carbocycles. The average Bonchev–Trinajstić information content (AvgIpc) is 2.81. The molecule has 0 atom stereocenters. The number of ether oxygens (including phenoxy) is 1. The highest BCUT2D eigenvalue weighted by Gasteiger charge is 2.12. The number of pyridine rings is 1. The molecule has 3 aromatic carbocycles. The Bertz CT molecular complexity index is 1270. The van der Waals surface area contributed by atoms with Crippen molar-refractivity contribution in [1.29, 1.82) is 0 Å². The van der Waals surface area contributed by atoms with Crippen LogP contribution in [-0.2, 0) is 17.9 Å². The monoisotopic (exact) mass is 427 g/mol. The minimum absolute atomic E-state index is 0.0707. The maximum atomic E-state index is 12.6. The second-order valence-electron chi connectivity index (χ2n) is 7.88. The van der Waals surface area contributed by atoms with Crippen molar-refractivity contribution in [3.8, 4) is 0 Å². The minimum atomic E-state index is -0.416. The number of esters is 1. The van der Waals surface area contributed by atoms with Gasteiger partial charge in [-0.2, -0.15) is 0 Å². The molecule has 162 valence electrons. The van der Waals surface area contributed by atoms with Gasteiger partial charge in [-0.05, 0) is 43.0 Å². The lowest BCUT2D eigenvalue weighted by atomic mass is 10.0. The van der Waals surface area contributed by atoms with Crippen LogP contribution in [0, 0.1) is 0 Å². The third-order valence-corrected chi connectivity index (χ3v) is 5.09. The van der Waals surface area contributed by atoms with Gasteiger partial charge in [0, 0.05) is 23.4 Å². The van der Waals surface area contributed by atoms with Gasteiger partial charge in [0.05, 0.1) is 16.8 Å². The zero-order chi connectivity index (χ0) is 22.5. The molecule has 0 bridgehead atoms. The number of hydrogen-bond donors (Lipinski definition) is 2. The number of urea groups is 1. The maximum Gasteiger partial charge on any atom is 0.338 e. The van der Waals surface area contributed by atoms with Crippen molar-refractivity contribution in [1.82, 2.24) is 15.6 Å². The molecule has 0 unspecified atom stereocenters. The fourth-order valence-electron chi connectivity index (χ4n) is 3.56. The Balaban J connectivity index is 1.43. The summed E-state index contributed by atoms with van der Waals surface area (Å²) in [7, 11) is 0. The third kappa shape index (κ3) is 4.86. The lowest BCUT2D eigenvalue weighted by Crippen LogP contribution is -2.39. The molecule has 32 heavy (non-hydrogen) atoms. The van der Waals surface area contributed by atoms with Crippen LogP contribution < -0.4 is 10.6 Å². The van der Waals surface area contributed by atoms with Crippen LogP contribution >= 0.6 is 0 Å². The van der Waals surface area contributed by atoms with Crippen LogP contribution in [0.3, 0.4) is 0 Å². The van der Waals surface area contributed by atoms with Crippen molar-refractivity contribution in [2.24, 2.45) is 0 Å². The van der Waals surface area contributed by atoms with E-state index in [1.807, 2.05) is 56.3 Å². The number of hydrogen-bond acceptors (Lipinski definition) is 4. The van der Waals surface area contributed by atoms with Crippen LogP contribution in [0.4, 0.5) is 4.79 Å². The van der Waals surface area contributed by atoms with Crippen molar-refractivity contribution in [2.75, 3.05) is 0 Å². The minimum Gasteiger partial charge on any atom is -0.456 e. The third-order valence-electron chi connectivity index (χ3n) is 5.09. The van der Waals surface area contributed by atoms with E-state index in [0.29, 0.717) is 12.1 Å². The van der Waals surface area contributed by atoms with Crippen molar-refractivity contribution >= 4 is 33.7 Å². The largest absolute Gasteiger partial charge is 0.456 e. The summed E-state index contributed by atoms with van der Waals surface area (Å²) in [6, 6.07) is 22.8. The molecule has 0 fully saturated rings. The number of rotatable bonds is 6. The van der Waals surface area contributed by atoms with E-state index in [9.17, 15) is 9.59 Å². The molecule has 1 aromatic heterocycles. The number of aromatic nitrogens is 1. The van der Waals surface area contributed by atoms with Crippen LogP contribution in [0.15, 0.2) is 72.8 Å². The van der Waals surface area contributed by atoms with Gasteiger partial charge in [-0.3, -0.25) is 0 Å². The average molecular weight is 428 g/mol. The molecular formula is C26H25N3O3. The maximum absolute atomic E-state index is 12.6. The Hall–Kier alpha value is -3.93. The summed E-state index contributed by atoms with van der Waals surface area (Å²) in [5, 5.41) is 8.68. The summed E-state index contributed by atoms with van der Waals surface area (Å²) in [5.41, 5.74) is 2.94. The Labute approximate surface area is 186 Å². The predicted octanol–water partition coefficient (Wildman–Crippen LogP) is 4.95. The van der Waals surface area contributed by atoms with E-state index in [1.54, 1.807) is 24.3 Å². The van der Waals surface area contributed by atoms with Crippen LogP contribution in [-0.4, -0.2) is 23.0 Å². The molecule has 4 aromatic rings. The van der Waals surface area contributed by atoms with Gasteiger partial charge in [-0.1, -0.05) is 54.6 Å². The van der Waals surface area contributed by atoms with Gasteiger partial charge in [-0.15, -0.1) is 0 Å². The molecule has 4 rings (SSSR count). The Morgan fingerprint density at radius 1 is 0.875 bits per heavy atom. The summed E-state index contributed by atoms with van der Waals surface area (Å²) in [5.74, 6) is -0.416. The van der Waals surface area contributed by atoms with Crippen molar-refractivity contribution in [3.05, 3.63) is 89.6 Å². The van der Waals surface area contributed by atoms with E-state index >= 15 is 0 Å². The fraction of sp³-hybridized carbons (Fsp3) is 0.192. The molecular weight excluding hydrogens is 402 g/mol. The first-order valence-corrected chi connectivity index (χ1v) is 10.6. The Morgan fingerprint density at radius 2 is 1.53 bits per heavy atom. The van der Waals surface area contributed by atoms with E-state index in [-0.39, 0.29) is 18.7 Å². The number of para-hydroxylation sites is 1. The number of nitrogens with zero attached hydrogens (tertiary/aromatic N) is 1. The van der Waals surface area contributed by atoms with Crippen LogP contribution in [0.25, 0.3) is 21.7 Å². The summed E-state index contributed by atoms with van der Waals surface area (Å²) >= 11 is 0. The number of amides is 2. The summed E-state index contributed by atoms with van der Waals surface area (Å²) < 4.78 is 5.57. The highest BCUT2D eigenvalue weighted by atomic mass is 16.5. The highest BCUT2D eigenvalue weighted by Crippen LogP contribution is 2.26. The van der Waals surface area contributed by atoms with E-state index < -0.39 is 5.97 Å². The van der Waals surface area contributed by atoms with Gasteiger partial charge in [0.1, 0.15) is 6.61 Å². The van der Waals surface area contributed by atoms with Gasteiger partial charge < -0.3 is 15.4 Å². The number of fused-ring (bicyclic) bond motifs is 3. The predicted molar refractivity (Wildman–Crippen MR) is 125 cm³/mol. The van der Waals surface area contributed by atoms with Gasteiger partial charge >= 0.3 is 12.0 Å². The SMILES string of the molecule is CC(C)NC(=O)NCc1ccc(C(=O)OCc2nc3ccccc3c3ccccc23)cc1. The fourth-order valence-corrected chi connectivity index (χ4v) is 3.56. The van der Waals surface area contributed by atoms with Crippen LogP contribution in [0.2, 0.25) is 0 Å². The molecule has 0 spiro atoms. The second-order valence-corrected chi connectivity index (χ2v) is 7.88. The molecule has 1 heterocycles. The van der Waals surface area contributed by atoms with E-state index in [1.165, 1.54) is 0 Å². The number of carbonyl (C=O) groups excluding carboxylic acids is 2. The first-order chi connectivity index (χ1) is 15.5. The normalized spacial score (nSPS) is 11.0. The van der Waals surface area contributed by atoms with E-state index in [0.717, 1.165) is 32.9 Å². The summed E-state index contributed by atoms with van der Waals surface area (Å²) in [4.78, 5) is 29.0. The Kier molecular flexibility index (Phi) is 6.31. The number of nitrogens with one attached hydrogen (secondary N) is 2. The van der Waals surface area contributed by atoms with Crippen LogP contribution in [0.5, 0.6) is 0 Å². The van der Waals surface area contributed by atoms with Crippen molar-refractivity contribution < 1.29 is 14.3 Å². The van der Waals surface area contributed by atoms with Crippen molar-refractivity contribution in [2.45, 2.75) is 33.0 Å². The standard InChI is InChI=1S/C26H25N3O3/c1-17(2)28-26(31)27-15-18-11-13-19(14-12-18)25(30)32-16-24-22-9-4-3-7-20(22)21-8-5-6-10-23(21)29-24/h3-14,17H,15-16H2,1-2H3,(H2,27,28,31). The zero-order valence-electron chi connectivity index (χ0n) is 18.1. The lowest BCUT2D eigenvalue weighted by molar-refractivity contribution is 0.0470. The number of carbonyl (C=O) groups is 2. The molecule has 2 N–H and O–H groups in total. The van der Waals surface area contributed by atoms with E-state index in [2.05, 4.69) is 16.7 Å². The molecule has 2 amide bonds.